The highest BCUT2D eigenvalue weighted by Gasteiger charge is 2.12. The molecule has 2 aromatic carbocycles. The van der Waals surface area contributed by atoms with Gasteiger partial charge in [-0.25, -0.2) is 4.79 Å². The number of nitrogens with one attached hydrogen (secondary N) is 1. The fraction of sp³-hybridized carbons (Fsp3) is 0.0588. The first-order chi connectivity index (χ1) is 11.3. The zero-order valence-electron chi connectivity index (χ0n) is 12.4. The Labute approximate surface area is 153 Å². The van der Waals surface area contributed by atoms with Gasteiger partial charge in [0.2, 0.25) is 5.91 Å². The molecule has 0 aliphatic carbocycles. The predicted octanol–water partition coefficient (Wildman–Crippen LogP) is 5.39. The van der Waals surface area contributed by atoms with Crippen LogP contribution in [0.25, 0.3) is 5.57 Å². The third-order valence-corrected chi connectivity index (χ3v) is 4.17. The molecule has 0 aliphatic rings. The van der Waals surface area contributed by atoms with E-state index < -0.39 is 11.9 Å². The number of halogens is 3. The van der Waals surface area contributed by atoms with Crippen molar-refractivity contribution < 1.29 is 14.7 Å². The fourth-order valence-electron chi connectivity index (χ4n) is 1.99. The van der Waals surface area contributed by atoms with Crippen LogP contribution in [0.15, 0.2) is 42.5 Å². The van der Waals surface area contributed by atoms with E-state index >= 15 is 0 Å². The van der Waals surface area contributed by atoms with Gasteiger partial charge >= 0.3 is 5.97 Å². The van der Waals surface area contributed by atoms with E-state index in [-0.39, 0.29) is 16.3 Å². The highest BCUT2D eigenvalue weighted by molar-refractivity contribution is 6.42. The maximum atomic E-state index is 12.1. The summed E-state index contributed by atoms with van der Waals surface area (Å²) in [7, 11) is 0. The minimum Gasteiger partial charge on any atom is -0.478 e. The molecule has 0 heterocycles. The van der Waals surface area contributed by atoms with Crippen molar-refractivity contribution in [1.29, 1.82) is 0 Å². The Morgan fingerprint density at radius 1 is 1.04 bits per heavy atom. The molecule has 0 aromatic heterocycles. The molecule has 2 aromatic rings. The van der Waals surface area contributed by atoms with Crippen molar-refractivity contribution in [2.24, 2.45) is 0 Å². The zero-order chi connectivity index (χ0) is 17.9. The van der Waals surface area contributed by atoms with E-state index in [0.717, 1.165) is 5.56 Å². The Morgan fingerprint density at radius 2 is 1.75 bits per heavy atom. The number of hydrogen-bond acceptors (Lipinski definition) is 2. The number of rotatable bonds is 4. The SMILES string of the molecule is C/C(=C/C(=O)Nc1ccc(Cl)cc1C(=O)O)c1ccc(Cl)c(Cl)c1. The van der Waals surface area contributed by atoms with Crippen molar-refractivity contribution >= 4 is 57.9 Å². The van der Waals surface area contributed by atoms with Crippen LogP contribution in [0.3, 0.4) is 0 Å². The molecule has 0 aliphatic heterocycles. The first-order valence-corrected chi connectivity index (χ1v) is 7.89. The second kappa shape index (κ2) is 7.71. The molecule has 0 bridgehead atoms. The van der Waals surface area contributed by atoms with Crippen LogP contribution in [0.2, 0.25) is 15.1 Å². The molecular weight excluding hydrogens is 373 g/mol. The second-order valence-electron chi connectivity index (χ2n) is 4.94. The average molecular weight is 385 g/mol. The molecule has 0 saturated carbocycles. The van der Waals surface area contributed by atoms with Gasteiger partial charge in [0.15, 0.2) is 0 Å². The Hall–Kier alpha value is -2.01. The standard InChI is InChI=1S/C17H12Cl3NO3/c1-9(10-2-4-13(19)14(20)7-10)6-16(22)21-15-5-3-11(18)8-12(15)17(23)24/h2-8H,1H3,(H,21,22)(H,23,24)/b9-6-. The summed E-state index contributed by atoms with van der Waals surface area (Å²) in [5, 5.41) is 12.8. The van der Waals surface area contributed by atoms with Gasteiger partial charge in [0.05, 0.1) is 21.3 Å². The van der Waals surface area contributed by atoms with Crippen LogP contribution >= 0.6 is 34.8 Å². The van der Waals surface area contributed by atoms with Crippen LogP contribution in [0.1, 0.15) is 22.8 Å². The van der Waals surface area contributed by atoms with Crippen LogP contribution in [0.4, 0.5) is 5.69 Å². The Morgan fingerprint density at radius 3 is 2.38 bits per heavy atom. The molecule has 2 rings (SSSR count). The predicted molar refractivity (Wildman–Crippen MR) is 97.2 cm³/mol. The van der Waals surface area contributed by atoms with E-state index in [2.05, 4.69) is 5.32 Å². The van der Waals surface area contributed by atoms with E-state index in [4.69, 9.17) is 39.9 Å². The number of carboxylic acids is 1. The third kappa shape index (κ3) is 4.51. The second-order valence-corrected chi connectivity index (χ2v) is 6.19. The van der Waals surface area contributed by atoms with Gasteiger partial charge in [0.1, 0.15) is 0 Å². The largest absolute Gasteiger partial charge is 0.478 e. The molecule has 0 saturated heterocycles. The average Bonchev–Trinajstić information content (AvgIpc) is 2.51. The van der Waals surface area contributed by atoms with Gasteiger partial charge in [-0.05, 0) is 48.4 Å². The minimum atomic E-state index is -1.18. The number of amides is 1. The van der Waals surface area contributed by atoms with Gasteiger partial charge in [-0.15, -0.1) is 0 Å². The highest BCUT2D eigenvalue weighted by Crippen LogP contribution is 2.26. The number of carbonyl (C=O) groups excluding carboxylic acids is 1. The van der Waals surface area contributed by atoms with Crippen molar-refractivity contribution in [3.05, 3.63) is 68.7 Å². The van der Waals surface area contributed by atoms with Gasteiger partial charge in [-0.3, -0.25) is 4.79 Å². The Kier molecular flexibility index (Phi) is 5.89. The fourth-order valence-corrected chi connectivity index (χ4v) is 2.46. The van der Waals surface area contributed by atoms with E-state index in [1.165, 1.54) is 24.3 Å². The highest BCUT2D eigenvalue weighted by atomic mass is 35.5. The molecular formula is C17H12Cl3NO3. The molecule has 0 spiro atoms. The van der Waals surface area contributed by atoms with E-state index in [1.807, 2.05) is 0 Å². The summed E-state index contributed by atoms with van der Waals surface area (Å²) >= 11 is 17.6. The molecule has 1 amide bonds. The number of carbonyl (C=O) groups is 2. The van der Waals surface area contributed by atoms with E-state index in [9.17, 15) is 9.59 Å². The minimum absolute atomic E-state index is 0.0866. The van der Waals surface area contributed by atoms with Crippen LogP contribution < -0.4 is 5.32 Å². The van der Waals surface area contributed by atoms with E-state index in [1.54, 1.807) is 25.1 Å². The first kappa shape index (κ1) is 18.3. The molecule has 7 heteroatoms. The number of aromatic carboxylic acids is 1. The summed E-state index contributed by atoms with van der Waals surface area (Å²) in [6, 6.07) is 9.22. The lowest BCUT2D eigenvalue weighted by Gasteiger charge is -2.08. The van der Waals surface area contributed by atoms with Gasteiger partial charge in [-0.2, -0.15) is 0 Å². The normalized spacial score (nSPS) is 11.2. The Bertz CT molecular complexity index is 847. The summed E-state index contributed by atoms with van der Waals surface area (Å²) in [4.78, 5) is 23.4. The molecule has 124 valence electrons. The Balaban J connectivity index is 2.24. The van der Waals surface area contributed by atoms with Crippen molar-refractivity contribution in [3.63, 3.8) is 0 Å². The summed E-state index contributed by atoms with van der Waals surface area (Å²) in [5.74, 6) is -1.65. The lowest BCUT2D eigenvalue weighted by Crippen LogP contribution is -2.12. The van der Waals surface area contributed by atoms with Gasteiger partial charge in [-0.1, -0.05) is 40.9 Å². The zero-order valence-corrected chi connectivity index (χ0v) is 14.7. The van der Waals surface area contributed by atoms with Gasteiger partial charge < -0.3 is 10.4 Å². The third-order valence-electron chi connectivity index (χ3n) is 3.19. The summed E-state index contributed by atoms with van der Waals surface area (Å²) in [6.45, 7) is 1.74. The van der Waals surface area contributed by atoms with Crippen LogP contribution in [-0.4, -0.2) is 17.0 Å². The monoisotopic (exact) mass is 383 g/mol. The molecule has 24 heavy (non-hydrogen) atoms. The lowest BCUT2D eigenvalue weighted by molar-refractivity contribution is -0.111. The van der Waals surface area contributed by atoms with Crippen LogP contribution in [0.5, 0.6) is 0 Å². The van der Waals surface area contributed by atoms with Crippen molar-refractivity contribution in [2.75, 3.05) is 5.32 Å². The quantitative estimate of drug-likeness (QED) is 0.695. The molecule has 2 N–H and O–H groups in total. The summed E-state index contributed by atoms with van der Waals surface area (Å²) < 4.78 is 0. The maximum absolute atomic E-state index is 12.1. The molecule has 0 atom stereocenters. The molecule has 0 radical (unpaired) electrons. The van der Waals surface area contributed by atoms with Crippen molar-refractivity contribution in [3.8, 4) is 0 Å². The number of carboxylic acid groups (broad SMARTS) is 1. The molecule has 0 fully saturated rings. The van der Waals surface area contributed by atoms with Gasteiger partial charge in [0.25, 0.3) is 0 Å². The summed E-state index contributed by atoms with van der Waals surface area (Å²) in [5.41, 5.74) is 1.46. The van der Waals surface area contributed by atoms with Crippen LogP contribution in [0, 0.1) is 0 Å². The number of benzene rings is 2. The maximum Gasteiger partial charge on any atom is 0.337 e. The summed E-state index contributed by atoms with van der Waals surface area (Å²) in [6.07, 6.45) is 1.35. The lowest BCUT2D eigenvalue weighted by atomic mass is 10.1. The van der Waals surface area contributed by atoms with Gasteiger partial charge in [0, 0.05) is 11.1 Å². The topological polar surface area (TPSA) is 66.4 Å². The molecule has 0 unspecified atom stereocenters. The van der Waals surface area contributed by atoms with Crippen LogP contribution in [-0.2, 0) is 4.79 Å². The van der Waals surface area contributed by atoms with Crippen molar-refractivity contribution in [1.82, 2.24) is 0 Å². The first-order valence-electron chi connectivity index (χ1n) is 6.75. The molecule has 4 nitrogen and oxygen atoms in total. The smallest absolute Gasteiger partial charge is 0.337 e. The number of allylic oxidation sites excluding steroid dienone is 1. The van der Waals surface area contributed by atoms with Crippen molar-refractivity contribution in [2.45, 2.75) is 6.92 Å². The number of anilines is 1. The number of hydrogen-bond donors (Lipinski definition) is 2. The van der Waals surface area contributed by atoms with E-state index in [0.29, 0.717) is 15.6 Å².